The Morgan fingerprint density at radius 3 is 2.21 bits per heavy atom. The predicted molar refractivity (Wildman–Crippen MR) is 109 cm³/mol. The van der Waals surface area contributed by atoms with E-state index >= 15 is 0 Å². The second-order valence-electron chi connectivity index (χ2n) is 12.0. The lowest BCUT2D eigenvalue weighted by Gasteiger charge is -2.61. The van der Waals surface area contributed by atoms with Gasteiger partial charge in [-0.1, -0.05) is 34.1 Å². The number of halogens is 3. The van der Waals surface area contributed by atoms with Crippen molar-refractivity contribution >= 4 is 0 Å². The quantitative estimate of drug-likeness (QED) is 0.449. The summed E-state index contributed by atoms with van der Waals surface area (Å²) >= 11 is 0. The molecule has 4 fully saturated rings. The summed E-state index contributed by atoms with van der Waals surface area (Å²) in [4.78, 5) is 0. The Labute approximate surface area is 170 Å². The molecule has 8 unspecified atom stereocenters. The number of alkyl halides is 3. The van der Waals surface area contributed by atoms with Crippen molar-refractivity contribution in [2.24, 2.45) is 52.3 Å². The molecule has 4 aliphatic rings. The molecular formula is C25H41F3. The molecule has 0 heterocycles. The molecule has 0 aromatic heterocycles. The number of fused-ring (bicyclic) bond motifs is 5. The van der Waals surface area contributed by atoms with E-state index in [9.17, 15) is 13.2 Å². The van der Waals surface area contributed by atoms with Crippen molar-refractivity contribution in [1.82, 2.24) is 0 Å². The van der Waals surface area contributed by atoms with E-state index in [2.05, 4.69) is 27.7 Å². The molecule has 8 atom stereocenters. The molecule has 0 nitrogen and oxygen atoms in total. The minimum Gasteiger partial charge on any atom is -0.171 e. The van der Waals surface area contributed by atoms with Gasteiger partial charge in [-0.25, -0.2) is 0 Å². The van der Waals surface area contributed by atoms with Crippen LogP contribution in [0.25, 0.3) is 0 Å². The summed E-state index contributed by atoms with van der Waals surface area (Å²) in [6.45, 7) is 9.64. The Balaban J connectivity index is 1.49. The number of rotatable bonds is 3. The van der Waals surface area contributed by atoms with E-state index in [0.29, 0.717) is 30.1 Å². The molecule has 28 heavy (non-hydrogen) atoms. The van der Waals surface area contributed by atoms with Crippen LogP contribution in [0.1, 0.15) is 98.3 Å². The Kier molecular flexibility index (Phi) is 5.40. The first-order valence-corrected chi connectivity index (χ1v) is 12.1. The molecule has 0 saturated heterocycles. The fraction of sp³-hybridized carbons (Fsp3) is 1.00. The maximum absolute atomic E-state index is 13.4. The summed E-state index contributed by atoms with van der Waals surface area (Å²) in [5.41, 5.74) is 0.671. The van der Waals surface area contributed by atoms with E-state index in [0.717, 1.165) is 36.5 Å². The van der Waals surface area contributed by atoms with Gasteiger partial charge in [-0.2, -0.15) is 13.2 Å². The largest absolute Gasteiger partial charge is 0.391 e. The average molecular weight is 399 g/mol. The van der Waals surface area contributed by atoms with Crippen LogP contribution in [0.5, 0.6) is 0 Å². The highest BCUT2D eigenvalue weighted by Gasteiger charge is 2.61. The highest BCUT2D eigenvalue weighted by atomic mass is 19.4. The van der Waals surface area contributed by atoms with Crippen LogP contribution in [0.3, 0.4) is 0 Å². The first-order chi connectivity index (χ1) is 13.1. The number of hydrogen-bond donors (Lipinski definition) is 0. The average Bonchev–Trinajstić information content (AvgIpc) is 2.94. The second-order valence-corrected chi connectivity index (χ2v) is 12.0. The maximum Gasteiger partial charge on any atom is 0.391 e. The van der Waals surface area contributed by atoms with Crippen LogP contribution in [0, 0.1) is 52.3 Å². The van der Waals surface area contributed by atoms with E-state index in [1.807, 2.05) is 0 Å². The van der Waals surface area contributed by atoms with E-state index in [1.54, 1.807) is 0 Å². The molecule has 4 saturated carbocycles. The standard InChI is InChI=1S/C25H41F3/c1-16(2)5-6-17-8-10-21-20-9-7-18-15-19(25(26,27)28)11-13-24(18,4)22(20)12-14-23(17,21)3/h16-22H,5-15H2,1-4H3. The van der Waals surface area contributed by atoms with Gasteiger partial charge in [0.25, 0.3) is 0 Å². The van der Waals surface area contributed by atoms with E-state index in [-0.39, 0.29) is 5.41 Å². The lowest BCUT2D eigenvalue weighted by Crippen LogP contribution is -2.54. The first-order valence-electron chi connectivity index (χ1n) is 12.1. The highest BCUT2D eigenvalue weighted by Crippen LogP contribution is 2.68. The maximum atomic E-state index is 13.4. The van der Waals surface area contributed by atoms with Gasteiger partial charge in [-0.3, -0.25) is 0 Å². The highest BCUT2D eigenvalue weighted by molar-refractivity contribution is 5.09. The normalized spacial score (nSPS) is 48.9. The summed E-state index contributed by atoms with van der Waals surface area (Å²) in [7, 11) is 0. The van der Waals surface area contributed by atoms with Crippen LogP contribution in [-0.2, 0) is 0 Å². The zero-order chi connectivity index (χ0) is 20.3. The smallest absolute Gasteiger partial charge is 0.171 e. The van der Waals surface area contributed by atoms with E-state index in [1.165, 1.54) is 44.9 Å². The molecule has 3 heteroatoms. The third-order valence-electron chi connectivity index (χ3n) is 10.4. The van der Waals surface area contributed by atoms with Crippen LogP contribution in [0.4, 0.5) is 13.2 Å². The van der Waals surface area contributed by atoms with Gasteiger partial charge < -0.3 is 0 Å². The summed E-state index contributed by atoms with van der Waals surface area (Å²) in [5, 5.41) is 0. The van der Waals surface area contributed by atoms with Gasteiger partial charge in [-0.05, 0) is 111 Å². The fourth-order valence-electron chi connectivity index (χ4n) is 8.67. The van der Waals surface area contributed by atoms with Crippen LogP contribution in [0.2, 0.25) is 0 Å². The third kappa shape index (κ3) is 3.35. The SMILES string of the molecule is CC(C)CCC1CCC2C3CCC4CC(C(F)(F)F)CCC4(C)C3CCC12C. The van der Waals surface area contributed by atoms with Gasteiger partial charge in [-0.15, -0.1) is 0 Å². The molecule has 0 amide bonds. The fourth-order valence-corrected chi connectivity index (χ4v) is 8.67. The van der Waals surface area contributed by atoms with Gasteiger partial charge >= 0.3 is 6.18 Å². The van der Waals surface area contributed by atoms with Gasteiger partial charge in [0, 0.05) is 0 Å². The minimum atomic E-state index is -3.99. The number of hydrogen-bond acceptors (Lipinski definition) is 0. The van der Waals surface area contributed by atoms with Crippen molar-refractivity contribution in [2.45, 2.75) is 105 Å². The van der Waals surface area contributed by atoms with Crippen molar-refractivity contribution < 1.29 is 13.2 Å². The van der Waals surface area contributed by atoms with E-state index < -0.39 is 12.1 Å². The molecule has 162 valence electrons. The molecule has 4 aliphatic carbocycles. The second kappa shape index (κ2) is 7.19. The van der Waals surface area contributed by atoms with E-state index in [4.69, 9.17) is 0 Å². The van der Waals surface area contributed by atoms with Crippen LogP contribution in [-0.4, -0.2) is 6.18 Å². The molecule has 0 radical (unpaired) electrons. The lowest BCUT2D eigenvalue weighted by molar-refractivity contribution is -0.208. The van der Waals surface area contributed by atoms with Gasteiger partial charge in [0.05, 0.1) is 5.92 Å². The van der Waals surface area contributed by atoms with Gasteiger partial charge in [0.2, 0.25) is 0 Å². The Bertz CT molecular complexity index is 567. The van der Waals surface area contributed by atoms with Crippen molar-refractivity contribution in [3.8, 4) is 0 Å². The summed E-state index contributed by atoms with van der Waals surface area (Å²) < 4.78 is 40.1. The van der Waals surface area contributed by atoms with Crippen molar-refractivity contribution in [2.75, 3.05) is 0 Å². The van der Waals surface area contributed by atoms with Gasteiger partial charge in [0.1, 0.15) is 0 Å². The molecule has 0 bridgehead atoms. The van der Waals surface area contributed by atoms with Crippen LogP contribution < -0.4 is 0 Å². The molecule has 0 N–H and O–H groups in total. The van der Waals surface area contributed by atoms with Crippen molar-refractivity contribution in [3.63, 3.8) is 0 Å². The Hall–Kier alpha value is -0.210. The molecule has 4 rings (SSSR count). The molecule has 0 aliphatic heterocycles. The zero-order valence-corrected chi connectivity index (χ0v) is 18.5. The summed E-state index contributed by atoms with van der Waals surface area (Å²) in [6, 6.07) is 0. The monoisotopic (exact) mass is 398 g/mol. The lowest BCUT2D eigenvalue weighted by atomic mass is 9.44. The molecule has 0 spiro atoms. The topological polar surface area (TPSA) is 0 Å². The molecule has 0 aromatic rings. The van der Waals surface area contributed by atoms with Crippen LogP contribution in [0.15, 0.2) is 0 Å². The van der Waals surface area contributed by atoms with Crippen LogP contribution >= 0.6 is 0 Å². The minimum absolute atomic E-state index is 0.169. The Morgan fingerprint density at radius 2 is 1.54 bits per heavy atom. The van der Waals surface area contributed by atoms with Crippen molar-refractivity contribution in [3.05, 3.63) is 0 Å². The Morgan fingerprint density at radius 1 is 0.857 bits per heavy atom. The van der Waals surface area contributed by atoms with Gasteiger partial charge in [0.15, 0.2) is 0 Å². The summed E-state index contributed by atoms with van der Waals surface area (Å²) in [5.74, 6) is 3.24. The first kappa shape index (κ1) is 21.0. The predicted octanol–water partition coefficient (Wildman–Crippen LogP) is 8.26. The zero-order valence-electron chi connectivity index (χ0n) is 18.5. The summed E-state index contributed by atoms with van der Waals surface area (Å²) in [6.07, 6.45) is 7.96. The molecule has 0 aromatic carbocycles. The third-order valence-corrected chi connectivity index (χ3v) is 10.4. The molecular weight excluding hydrogens is 357 g/mol. The van der Waals surface area contributed by atoms with Crippen molar-refractivity contribution in [1.29, 1.82) is 0 Å².